The van der Waals surface area contributed by atoms with E-state index in [2.05, 4.69) is 42.1 Å². The van der Waals surface area contributed by atoms with Crippen LogP contribution in [0.15, 0.2) is 35.0 Å². The van der Waals surface area contributed by atoms with Gasteiger partial charge in [-0.3, -0.25) is 0 Å². The molecule has 96 valence electrons. The fraction of sp³-hybridized carbons (Fsp3) is 0.333. The minimum atomic E-state index is 0.391. The first-order chi connectivity index (χ1) is 8.70. The van der Waals surface area contributed by atoms with E-state index < -0.39 is 0 Å². The molecule has 1 aromatic heterocycles. The van der Waals surface area contributed by atoms with E-state index in [9.17, 15) is 0 Å². The zero-order valence-electron chi connectivity index (χ0n) is 10.7. The summed E-state index contributed by atoms with van der Waals surface area (Å²) in [5.74, 6) is 0. The maximum Gasteiger partial charge on any atom is 0.0406 e. The Kier molecular flexibility index (Phi) is 4.81. The van der Waals surface area contributed by atoms with Crippen molar-refractivity contribution < 1.29 is 0 Å². The third-order valence-electron chi connectivity index (χ3n) is 3.07. The summed E-state index contributed by atoms with van der Waals surface area (Å²) in [7, 11) is 0. The van der Waals surface area contributed by atoms with Gasteiger partial charge in [-0.25, -0.2) is 0 Å². The van der Waals surface area contributed by atoms with E-state index in [1.807, 2.05) is 12.1 Å². The van der Waals surface area contributed by atoms with Gasteiger partial charge in [0.25, 0.3) is 0 Å². The van der Waals surface area contributed by atoms with Crippen molar-refractivity contribution in [3.05, 3.63) is 56.7 Å². The van der Waals surface area contributed by atoms with Crippen LogP contribution in [0.3, 0.4) is 0 Å². The third-order valence-corrected chi connectivity index (χ3v) is 4.21. The monoisotopic (exact) mass is 279 g/mol. The smallest absolute Gasteiger partial charge is 0.0406 e. The molecule has 0 bridgehead atoms. The van der Waals surface area contributed by atoms with Crippen LogP contribution in [0.1, 0.15) is 29.7 Å². The van der Waals surface area contributed by atoms with Gasteiger partial charge in [0.05, 0.1) is 0 Å². The molecule has 1 atom stereocenters. The van der Waals surface area contributed by atoms with E-state index in [0.717, 1.165) is 18.0 Å². The Labute approximate surface area is 118 Å². The van der Waals surface area contributed by atoms with E-state index in [0.29, 0.717) is 6.04 Å². The van der Waals surface area contributed by atoms with Crippen LogP contribution < -0.4 is 5.32 Å². The van der Waals surface area contributed by atoms with Crippen LogP contribution in [0, 0.1) is 6.92 Å². The second-order valence-corrected chi connectivity index (χ2v) is 5.63. The van der Waals surface area contributed by atoms with Gasteiger partial charge in [0.1, 0.15) is 0 Å². The Bertz CT molecular complexity index is 489. The third kappa shape index (κ3) is 3.35. The number of rotatable bonds is 5. The number of benzene rings is 1. The fourth-order valence-corrected chi connectivity index (χ4v) is 3.15. The minimum Gasteiger partial charge on any atom is -0.310 e. The number of likely N-dealkylation sites (N-methyl/N-ethyl adjacent to an activating group) is 1. The molecule has 0 radical (unpaired) electrons. The van der Waals surface area contributed by atoms with E-state index in [1.165, 1.54) is 16.7 Å². The summed E-state index contributed by atoms with van der Waals surface area (Å²) < 4.78 is 0. The normalized spacial score (nSPS) is 12.6. The van der Waals surface area contributed by atoms with Crippen molar-refractivity contribution in [3.63, 3.8) is 0 Å². The fourth-order valence-electron chi connectivity index (χ4n) is 2.12. The molecular formula is C15H18ClNS. The Morgan fingerprint density at radius 3 is 2.50 bits per heavy atom. The van der Waals surface area contributed by atoms with Crippen LogP contribution in [0.2, 0.25) is 5.02 Å². The van der Waals surface area contributed by atoms with Gasteiger partial charge in [-0.15, -0.1) is 0 Å². The van der Waals surface area contributed by atoms with Crippen molar-refractivity contribution in [1.29, 1.82) is 0 Å². The molecule has 0 fully saturated rings. The summed E-state index contributed by atoms with van der Waals surface area (Å²) >= 11 is 7.69. The van der Waals surface area contributed by atoms with Crippen LogP contribution in [-0.4, -0.2) is 6.54 Å². The summed E-state index contributed by atoms with van der Waals surface area (Å²) in [6.45, 7) is 5.31. The quantitative estimate of drug-likeness (QED) is 0.843. The molecule has 1 unspecified atom stereocenters. The van der Waals surface area contributed by atoms with E-state index >= 15 is 0 Å². The predicted molar refractivity (Wildman–Crippen MR) is 80.6 cm³/mol. The van der Waals surface area contributed by atoms with Crippen LogP contribution in [0.4, 0.5) is 0 Å². The topological polar surface area (TPSA) is 12.0 Å². The molecule has 0 aliphatic rings. The molecule has 18 heavy (non-hydrogen) atoms. The number of thiophene rings is 1. The first kappa shape index (κ1) is 13.6. The largest absolute Gasteiger partial charge is 0.310 e. The molecule has 2 aromatic rings. The van der Waals surface area contributed by atoms with Crippen molar-refractivity contribution in [2.45, 2.75) is 26.3 Å². The SMILES string of the molecule is CCNC(Cc1ccc(Cl)cc1)c1cscc1C. The van der Waals surface area contributed by atoms with Gasteiger partial charge in [0.15, 0.2) is 0 Å². The highest BCUT2D eigenvalue weighted by Crippen LogP contribution is 2.25. The summed E-state index contributed by atoms with van der Waals surface area (Å²) in [5, 5.41) is 8.82. The van der Waals surface area contributed by atoms with E-state index in [4.69, 9.17) is 11.6 Å². The number of aryl methyl sites for hydroxylation is 1. The Balaban J connectivity index is 2.16. The molecule has 0 saturated carbocycles. The molecule has 1 N–H and O–H groups in total. The van der Waals surface area contributed by atoms with E-state index in [1.54, 1.807) is 11.3 Å². The Hall–Kier alpha value is -0.830. The summed E-state index contributed by atoms with van der Waals surface area (Å²) in [5.41, 5.74) is 4.10. The van der Waals surface area contributed by atoms with Gasteiger partial charge in [-0.2, -0.15) is 11.3 Å². The zero-order valence-corrected chi connectivity index (χ0v) is 12.3. The molecule has 0 saturated heterocycles. The predicted octanol–water partition coefficient (Wildman–Crippen LogP) is 4.60. The average molecular weight is 280 g/mol. The maximum atomic E-state index is 5.92. The molecule has 1 nitrogen and oxygen atoms in total. The highest BCUT2D eigenvalue weighted by Gasteiger charge is 2.14. The molecule has 0 aliphatic carbocycles. The number of hydrogen-bond donors (Lipinski definition) is 1. The van der Waals surface area contributed by atoms with Crippen LogP contribution in [0.5, 0.6) is 0 Å². The Morgan fingerprint density at radius 1 is 1.22 bits per heavy atom. The van der Waals surface area contributed by atoms with Gasteiger partial charge in [0.2, 0.25) is 0 Å². The number of hydrogen-bond acceptors (Lipinski definition) is 2. The van der Waals surface area contributed by atoms with Crippen LogP contribution in [-0.2, 0) is 6.42 Å². The van der Waals surface area contributed by atoms with Gasteiger partial charge in [0, 0.05) is 11.1 Å². The van der Waals surface area contributed by atoms with Crippen LogP contribution >= 0.6 is 22.9 Å². The first-order valence-corrected chi connectivity index (χ1v) is 7.53. The lowest BCUT2D eigenvalue weighted by Gasteiger charge is -2.18. The maximum absolute atomic E-state index is 5.92. The lowest BCUT2D eigenvalue weighted by atomic mass is 9.98. The molecule has 2 rings (SSSR count). The van der Waals surface area contributed by atoms with Crippen LogP contribution in [0.25, 0.3) is 0 Å². The lowest BCUT2D eigenvalue weighted by molar-refractivity contribution is 0.549. The molecular weight excluding hydrogens is 262 g/mol. The first-order valence-electron chi connectivity index (χ1n) is 6.21. The number of nitrogens with one attached hydrogen (secondary N) is 1. The lowest BCUT2D eigenvalue weighted by Crippen LogP contribution is -2.23. The average Bonchev–Trinajstić information content (AvgIpc) is 2.78. The van der Waals surface area contributed by atoms with Crippen molar-refractivity contribution in [2.24, 2.45) is 0 Å². The van der Waals surface area contributed by atoms with Crippen molar-refractivity contribution in [2.75, 3.05) is 6.54 Å². The Morgan fingerprint density at radius 2 is 1.94 bits per heavy atom. The van der Waals surface area contributed by atoms with Gasteiger partial charge in [-0.1, -0.05) is 30.7 Å². The summed E-state index contributed by atoms with van der Waals surface area (Å²) in [6.07, 6.45) is 1.00. The highest BCUT2D eigenvalue weighted by atomic mass is 35.5. The van der Waals surface area contributed by atoms with Gasteiger partial charge < -0.3 is 5.32 Å². The number of halogens is 1. The summed E-state index contributed by atoms with van der Waals surface area (Å²) in [4.78, 5) is 0. The molecule has 3 heteroatoms. The van der Waals surface area contributed by atoms with Gasteiger partial charge in [-0.05, 0) is 59.5 Å². The molecule has 0 spiro atoms. The minimum absolute atomic E-state index is 0.391. The molecule has 1 aromatic carbocycles. The summed E-state index contributed by atoms with van der Waals surface area (Å²) in [6, 6.07) is 8.52. The van der Waals surface area contributed by atoms with E-state index in [-0.39, 0.29) is 0 Å². The highest BCUT2D eigenvalue weighted by molar-refractivity contribution is 7.08. The van der Waals surface area contributed by atoms with Crippen molar-refractivity contribution in [3.8, 4) is 0 Å². The van der Waals surface area contributed by atoms with Crippen molar-refractivity contribution >= 4 is 22.9 Å². The molecule has 1 heterocycles. The zero-order chi connectivity index (χ0) is 13.0. The molecule has 0 aliphatic heterocycles. The second-order valence-electron chi connectivity index (χ2n) is 4.45. The van der Waals surface area contributed by atoms with Crippen molar-refractivity contribution in [1.82, 2.24) is 5.32 Å². The standard InChI is InChI=1S/C15H18ClNS/c1-3-17-15(14-10-18-9-11(14)2)8-12-4-6-13(16)7-5-12/h4-7,9-10,15,17H,3,8H2,1-2H3. The molecule has 0 amide bonds. The van der Waals surface area contributed by atoms with Gasteiger partial charge >= 0.3 is 0 Å². The second kappa shape index (κ2) is 6.37.